The van der Waals surface area contributed by atoms with E-state index in [9.17, 15) is 14.9 Å². The van der Waals surface area contributed by atoms with E-state index < -0.39 is 4.92 Å². The number of nitro benzene ring substituents is 1. The van der Waals surface area contributed by atoms with Crippen molar-refractivity contribution in [1.82, 2.24) is 0 Å². The minimum atomic E-state index is -0.439. The van der Waals surface area contributed by atoms with Gasteiger partial charge in [0.25, 0.3) is 5.69 Å². The maximum absolute atomic E-state index is 11.0. The van der Waals surface area contributed by atoms with Crippen LogP contribution < -0.4 is 4.90 Å². The van der Waals surface area contributed by atoms with Crippen LogP contribution >= 0.6 is 15.9 Å². The highest BCUT2D eigenvalue weighted by Gasteiger charge is 2.12. The van der Waals surface area contributed by atoms with Crippen LogP contribution in [0.2, 0.25) is 0 Å². The van der Waals surface area contributed by atoms with Crippen molar-refractivity contribution in [2.45, 2.75) is 12.8 Å². The molecule has 0 atom stereocenters. The standard InChI is InChI=1S/C12H15BrN2O4/c1-14(7-3-4-12(16)19-2)11-6-5-9(15(17)18)8-10(11)13/h5-6,8H,3-4,7H2,1-2H3. The third-order valence-corrected chi connectivity index (χ3v) is 3.29. The fourth-order valence-corrected chi connectivity index (χ4v) is 2.27. The number of anilines is 1. The lowest BCUT2D eigenvalue weighted by Crippen LogP contribution is -2.20. The molecule has 0 spiro atoms. The number of ether oxygens (including phenoxy) is 1. The number of methoxy groups -OCH3 is 1. The summed E-state index contributed by atoms with van der Waals surface area (Å²) in [5.41, 5.74) is 0.883. The number of hydrogen-bond donors (Lipinski definition) is 0. The van der Waals surface area contributed by atoms with E-state index in [1.54, 1.807) is 6.07 Å². The monoisotopic (exact) mass is 330 g/mol. The Morgan fingerprint density at radius 2 is 2.21 bits per heavy atom. The van der Waals surface area contributed by atoms with E-state index in [4.69, 9.17) is 0 Å². The van der Waals surface area contributed by atoms with E-state index in [1.165, 1.54) is 19.2 Å². The molecule has 1 aromatic rings. The topological polar surface area (TPSA) is 72.7 Å². The average molecular weight is 331 g/mol. The Morgan fingerprint density at radius 1 is 1.53 bits per heavy atom. The van der Waals surface area contributed by atoms with Crippen molar-refractivity contribution in [2.75, 3.05) is 25.6 Å². The zero-order valence-corrected chi connectivity index (χ0v) is 12.3. The Labute approximate surface area is 119 Å². The number of hydrogen-bond acceptors (Lipinski definition) is 5. The summed E-state index contributed by atoms with van der Waals surface area (Å²) in [6.07, 6.45) is 1.01. The first-order valence-corrected chi connectivity index (χ1v) is 6.47. The number of esters is 1. The van der Waals surface area contributed by atoms with Crippen LogP contribution in [-0.4, -0.2) is 31.6 Å². The van der Waals surface area contributed by atoms with Crippen LogP contribution in [0.3, 0.4) is 0 Å². The SMILES string of the molecule is COC(=O)CCCN(C)c1ccc([N+](=O)[O-])cc1Br. The summed E-state index contributed by atoms with van der Waals surface area (Å²) in [6, 6.07) is 4.60. The van der Waals surface area contributed by atoms with Gasteiger partial charge in [-0.25, -0.2) is 0 Å². The van der Waals surface area contributed by atoms with Crippen LogP contribution in [0.4, 0.5) is 11.4 Å². The molecule has 0 aliphatic rings. The molecule has 0 aliphatic carbocycles. The van der Waals surface area contributed by atoms with Crippen LogP contribution in [-0.2, 0) is 9.53 Å². The highest BCUT2D eigenvalue weighted by Crippen LogP contribution is 2.29. The summed E-state index contributed by atoms with van der Waals surface area (Å²) in [5.74, 6) is -0.240. The van der Waals surface area contributed by atoms with Gasteiger partial charge in [0.2, 0.25) is 0 Å². The van der Waals surface area contributed by atoms with Gasteiger partial charge >= 0.3 is 5.97 Å². The molecular weight excluding hydrogens is 316 g/mol. The maximum Gasteiger partial charge on any atom is 0.305 e. The Balaban J connectivity index is 2.64. The number of carbonyl (C=O) groups excluding carboxylic acids is 1. The van der Waals surface area contributed by atoms with Gasteiger partial charge in [0.05, 0.1) is 17.7 Å². The summed E-state index contributed by atoms with van der Waals surface area (Å²) in [4.78, 5) is 23.1. The van der Waals surface area contributed by atoms with E-state index >= 15 is 0 Å². The van der Waals surface area contributed by atoms with Gasteiger partial charge in [-0.1, -0.05) is 0 Å². The number of benzene rings is 1. The lowest BCUT2D eigenvalue weighted by Gasteiger charge is -2.20. The Morgan fingerprint density at radius 3 is 2.74 bits per heavy atom. The first kappa shape index (κ1) is 15.4. The van der Waals surface area contributed by atoms with Gasteiger partial charge in [-0.2, -0.15) is 0 Å². The van der Waals surface area contributed by atoms with Gasteiger partial charge in [0, 0.05) is 36.6 Å². The zero-order chi connectivity index (χ0) is 14.4. The molecule has 0 saturated carbocycles. The average Bonchev–Trinajstić information content (AvgIpc) is 2.37. The Hall–Kier alpha value is -1.63. The van der Waals surface area contributed by atoms with E-state index in [-0.39, 0.29) is 11.7 Å². The second kappa shape index (κ2) is 7.08. The van der Waals surface area contributed by atoms with Gasteiger partial charge in [-0.3, -0.25) is 14.9 Å². The number of carbonyl (C=O) groups is 1. The minimum absolute atomic E-state index is 0.0404. The molecule has 0 radical (unpaired) electrons. The van der Waals surface area contributed by atoms with Crippen molar-refractivity contribution < 1.29 is 14.5 Å². The second-order valence-corrected chi connectivity index (χ2v) is 4.85. The molecule has 0 aliphatic heterocycles. The summed E-state index contributed by atoms with van der Waals surface area (Å²) in [7, 11) is 3.22. The molecule has 104 valence electrons. The van der Waals surface area contributed by atoms with Crippen LogP contribution in [0.5, 0.6) is 0 Å². The van der Waals surface area contributed by atoms with Gasteiger partial charge in [-0.05, 0) is 28.4 Å². The molecule has 0 saturated heterocycles. The van der Waals surface area contributed by atoms with E-state index in [1.807, 2.05) is 11.9 Å². The van der Waals surface area contributed by atoms with Crippen molar-refractivity contribution in [2.24, 2.45) is 0 Å². The molecular formula is C12H15BrN2O4. The van der Waals surface area contributed by atoms with Crippen molar-refractivity contribution in [3.8, 4) is 0 Å². The molecule has 0 bridgehead atoms. The molecule has 19 heavy (non-hydrogen) atoms. The van der Waals surface area contributed by atoms with Crippen LogP contribution in [0.15, 0.2) is 22.7 Å². The van der Waals surface area contributed by atoms with Crippen molar-refractivity contribution in [3.05, 3.63) is 32.8 Å². The maximum atomic E-state index is 11.0. The van der Waals surface area contributed by atoms with E-state index in [0.29, 0.717) is 23.9 Å². The first-order chi connectivity index (χ1) is 8.95. The van der Waals surface area contributed by atoms with Crippen LogP contribution in [0.25, 0.3) is 0 Å². The number of non-ortho nitro benzene ring substituents is 1. The van der Waals surface area contributed by atoms with Gasteiger partial charge in [0.15, 0.2) is 0 Å². The Bertz CT molecular complexity index is 479. The number of nitro groups is 1. The lowest BCUT2D eigenvalue weighted by atomic mass is 10.2. The molecule has 0 fully saturated rings. The highest BCUT2D eigenvalue weighted by molar-refractivity contribution is 9.10. The van der Waals surface area contributed by atoms with Crippen molar-refractivity contribution in [3.63, 3.8) is 0 Å². The highest BCUT2D eigenvalue weighted by atomic mass is 79.9. The molecule has 6 nitrogen and oxygen atoms in total. The smallest absolute Gasteiger partial charge is 0.305 e. The number of halogens is 1. The summed E-state index contributed by atoms with van der Waals surface area (Å²) in [6.45, 7) is 0.658. The first-order valence-electron chi connectivity index (χ1n) is 5.67. The summed E-state index contributed by atoms with van der Waals surface area (Å²) in [5, 5.41) is 10.6. The fourth-order valence-electron chi connectivity index (χ4n) is 1.60. The largest absolute Gasteiger partial charge is 0.469 e. The Kier molecular flexibility index (Phi) is 5.75. The van der Waals surface area contributed by atoms with E-state index in [0.717, 1.165) is 5.69 Å². The van der Waals surface area contributed by atoms with Gasteiger partial charge in [-0.15, -0.1) is 0 Å². The molecule has 7 heteroatoms. The van der Waals surface area contributed by atoms with Crippen LogP contribution in [0, 0.1) is 10.1 Å². The predicted octanol–water partition coefficient (Wildman–Crippen LogP) is 2.75. The van der Waals surface area contributed by atoms with Crippen LogP contribution in [0.1, 0.15) is 12.8 Å². The molecule has 0 aromatic heterocycles. The number of nitrogens with zero attached hydrogens (tertiary/aromatic N) is 2. The molecule has 0 amide bonds. The molecule has 0 unspecified atom stereocenters. The normalized spacial score (nSPS) is 10.1. The number of rotatable bonds is 6. The third-order valence-electron chi connectivity index (χ3n) is 2.66. The zero-order valence-electron chi connectivity index (χ0n) is 10.8. The quantitative estimate of drug-likeness (QED) is 0.455. The second-order valence-electron chi connectivity index (χ2n) is 3.99. The van der Waals surface area contributed by atoms with E-state index in [2.05, 4.69) is 20.7 Å². The van der Waals surface area contributed by atoms with Crippen molar-refractivity contribution in [1.29, 1.82) is 0 Å². The molecule has 1 rings (SSSR count). The summed E-state index contributed by atoms with van der Waals surface area (Å²) >= 11 is 3.31. The summed E-state index contributed by atoms with van der Waals surface area (Å²) < 4.78 is 5.22. The lowest BCUT2D eigenvalue weighted by molar-refractivity contribution is -0.384. The van der Waals surface area contributed by atoms with Crippen molar-refractivity contribution >= 4 is 33.3 Å². The third kappa shape index (κ3) is 4.51. The molecule has 1 aromatic carbocycles. The van der Waals surface area contributed by atoms with Gasteiger partial charge < -0.3 is 9.64 Å². The predicted molar refractivity (Wildman–Crippen MR) is 75.3 cm³/mol. The fraction of sp³-hybridized carbons (Fsp3) is 0.417. The minimum Gasteiger partial charge on any atom is -0.469 e. The molecule has 0 N–H and O–H groups in total. The van der Waals surface area contributed by atoms with Gasteiger partial charge in [0.1, 0.15) is 0 Å². The molecule has 0 heterocycles.